The van der Waals surface area contributed by atoms with E-state index in [-0.39, 0.29) is 18.1 Å². The summed E-state index contributed by atoms with van der Waals surface area (Å²) in [6.07, 6.45) is 0. The summed E-state index contributed by atoms with van der Waals surface area (Å²) in [6.45, 7) is 1.03. The third-order valence-corrected chi connectivity index (χ3v) is 4.43. The molecule has 0 aliphatic heterocycles. The van der Waals surface area contributed by atoms with Gasteiger partial charge < -0.3 is 5.32 Å². The standard InChI is InChI=1S/C16H19FN2O2S/c17-16-8-4-7-15(11-16)12-18-9-10-22(20,21)19-13-14-5-2-1-3-6-14/h1-8,11,18-19H,9-10,12-13H2. The minimum Gasteiger partial charge on any atom is -0.312 e. The van der Waals surface area contributed by atoms with Gasteiger partial charge in [0.15, 0.2) is 0 Å². The van der Waals surface area contributed by atoms with Crippen LogP contribution in [0.1, 0.15) is 11.1 Å². The van der Waals surface area contributed by atoms with E-state index in [1.165, 1.54) is 12.1 Å². The van der Waals surface area contributed by atoms with E-state index in [2.05, 4.69) is 10.0 Å². The highest BCUT2D eigenvalue weighted by molar-refractivity contribution is 7.89. The summed E-state index contributed by atoms with van der Waals surface area (Å²) in [4.78, 5) is 0. The summed E-state index contributed by atoms with van der Waals surface area (Å²) in [7, 11) is -3.33. The van der Waals surface area contributed by atoms with Crippen LogP contribution >= 0.6 is 0 Å². The second-order valence-corrected chi connectivity index (χ2v) is 6.86. The molecule has 0 spiro atoms. The van der Waals surface area contributed by atoms with Crippen LogP contribution in [0, 0.1) is 5.82 Å². The van der Waals surface area contributed by atoms with E-state index in [9.17, 15) is 12.8 Å². The molecule has 22 heavy (non-hydrogen) atoms. The van der Waals surface area contributed by atoms with Gasteiger partial charge in [0.05, 0.1) is 5.75 Å². The molecule has 0 atom stereocenters. The van der Waals surface area contributed by atoms with Crippen LogP contribution in [0.3, 0.4) is 0 Å². The Balaban J connectivity index is 1.71. The lowest BCUT2D eigenvalue weighted by molar-refractivity contribution is 0.575. The molecule has 2 aromatic rings. The first kappa shape index (κ1) is 16.6. The molecule has 0 bridgehead atoms. The first-order chi connectivity index (χ1) is 10.6. The van der Waals surface area contributed by atoms with Crippen LogP contribution in [0.25, 0.3) is 0 Å². The largest absolute Gasteiger partial charge is 0.312 e. The number of benzene rings is 2. The first-order valence-corrected chi connectivity index (χ1v) is 8.67. The highest BCUT2D eigenvalue weighted by Gasteiger charge is 2.09. The Labute approximate surface area is 130 Å². The molecule has 0 unspecified atom stereocenters. The predicted molar refractivity (Wildman–Crippen MR) is 85.2 cm³/mol. The monoisotopic (exact) mass is 322 g/mol. The van der Waals surface area contributed by atoms with E-state index in [4.69, 9.17) is 0 Å². The van der Waals surface area contributed by atoms with Crippen molar-refractivity contribution < 1.29 is 12.8 Å². The van der Waals surface area contributed by atoms with Crippen LogP contribution in [0.4, 0.5) is 4.39 Å². The number of sulfonamides is 1. The molecule has 0 saturated heterocycles. The molecule has 6 heteroatoms. The minimum absolute atomic E-state index is 0.0187. The highest BCUT2D eigenvalue weighted by Crippen LogP contribution is 2.02. The van der Waals surface area contributed by atoms with Crippen LogP contribution in [-0.2, 0) is 23.1 Å². The lowest BCUT2D eigenvalue weighted by Crippen LogP contribution is -2.31. The molecule has 0 amide bonds. The smallest absolute Gasteiger partial charge is 0.213 e. The van der Waals surface area contributed by atoms with Crippen molar-refractivity contribution in [3.05, 3.63) is 71.5 Å². The average Bonchev–Trinajstić information content (AvgIpc) is 2.51. The number of rotatable bonds is 8. The summed E-state index contributed by atoms with van der Waals surface area (Å²) in [5, 5.41) is 3.00. The van der Waals surface area contributed by atoms with Crippen LogP contribution in [0.5, 0.6) is 0 Å². The van der Waals surface area contributed by atoms with E-state index in [1.54, 1.807) is 12.1 Å². The van der Waals surface area contributed by atoms with Crippen molar-refractivity contribution in [1.82, 2.24) is 10.0 Å². The van der Waals surface area contributed by atoms with Gasteiger partial charge in [-0.2, -0.15) is 0 Å². The van der Waals surface area contributed by atoms with Gasteiger partial charge in [-0.1, -0.05) is 42.5 Å². The second kappa shape index (κ2) is 8.03. The van der Waals surface area contributed by atoms with Crippen molar-refractivity contribution in [3.8, 4) is 0 Å². The maximum Gasteiger partial charge on any atom is 0.213 e. The molecule has 0 aliphatic carbocycles. The third-order valence-electron chi connectivity index (χ3n) is 3.10. The van der Waals surface area contributed by atoms with Crippen molar-refractivity contribution in [2.45, 2.75) is 13.1 Å². The van der Waals surface area contributed by atoms with E-state index in [1.807, 2.05) is 30.3 Å². The van der Waals surface area contributed by atoms with Crippen molar-refractivity contribution in [2.75, 3.05) is 12.3 Å². The zero-order valence-electron chi connectivity index (χ0n) is 12.1. The lowest BCUT2D eigenvalue weighted by Gasteiger charge is -2.08. The van der Waals surface area contributed by atoms with Gasteiger partial charge in [0.2, 0.25) is 10.0 Å². The molecule has 2 rings (SSSR count). The fourth-order valence-corrected chi connectivity index (χ4v) is 2.89. The average molecular weight is 322 g/mol. The van der Waals surface area contributed by atoms with Gasteiger partial charge in [0, 0.05) is 19.6 Å². The van der Waals surface area contributed by atoms with Crippen LogP contribution in [0.15, 0.2) is 54.6 Å². The van der Waals surface area contributed by atoms with Crippen molar-refractivity contribution in [1.29, 1.82) is 0 Å². The first-order valence-electron chi connectivity index (χ1n) is 7.01. The van der Waals surface area contributed by atoms with Crippen molar-refractivity contribution in [3.63, 3.8) is 0 Å². The van der Waals surface area contributed by atoms with Crippen molar-refractivity contribution in [2.24, 2.45) is 0 Å². The normalized spacial score (nSPS) is 11.5. The summed E-state index contributed by atoms with van der Waals surface area (Å²) in [5.41, 5.74) is 1.70. The van der Waals surface area contributed by atoms with E-state index in [0.717, 1.165) is 11.1 Å². The Morgan fingerprint density at radius 3 is 2.36 bits per heavy atom. The van der Waals surface area contributed by atoms with Gasteiger partial charge in [-0.3, -0.25) is 0 Å². The minimum atomic E-state index is -3.33. The Kier molecular flexibility index (Phi) is 6.06. The van der Waals surface area contributed by atoms with Crippen molar-refractivity contribution >= 4 is 10.0 Å². The van der Waals surface area contributed by atoms with Crippen LogP contribution in [0.2, 0.25) is 0 Å². The highest BCUT2D eigenvalue weighted by atomic mass is 32.2. The number of hydrogen-bond donors (Lipinski definition) is 2. The molecule has 0 heterocycles. The summed E-state index contributed by atoms with van der Waals surface area (Å²) < 4.78 is 39.3. The van der Waals surface area contributed by atoms with Gasteiger partial charge in [-0.25, -0.2) is 17.5 Å². The maximum atomic E-state index is 13.0. The summed E-state index contributed by atoms with van der Waals surface area (Å²) in [6, 6.07) is 15.6. The molecule has 2 N–H and O–H groups in total. The Bertz CT molecular complexity index is 690. The summed E-state index contributed by atoms with van der Waals surface area (Å²) in [5.74, 6) is -0.314. The Morgan fingerprint density at radius 2 is 1.64 bits per heavy atom. The molecule has 0 radical (unpaired) electrons. The molecule has 0 saturated carbocycles. The second-order valence-electron chi connectivity index (χ2n) is 4.93. The number of nitrogens with one attached hydrogen (secondary N) is 2. The molecular formula is C16H19FN2O2S. The Morgan fingerprint density at radius 1 is 0.909 bits per heavy atom. The zero-order chi connectivity index (χ0) is 15.8. The molecule has 2 aromatic carbocycles. The van der Waals surface area contributed by atoms with Gasteiger partial charge in [-0.15, -0.1) is 0 Å². The van der Waals surface area contributed by atoms with Crippen LogP contribution in [-0.4, -0.2) is 20.7 Å². The fourth-order valence-electron chi connectivity index (χ4n) is 1.95. The Hall–Kier alpha value is -1.76. The maximum absolute atomic E-state index is 13.0. The fraction of sp³-hybridized carbons (Fsp3) is 0.250. The molecular weight excluding hydrogens is 303 g/mol. The lowest BCUT2D eigenvalue weighted by atomic mass is 10.2. The van der Waals surface area contributed by atoms with E-state index in [0.29, 0.717) is 13.1 Å². The molecule has 0 aliphatic rings. The number of hydrogen-bond acceptors (Lipinski definition) is 3. The van der Waals surface area contributed by atoms with Gasteiger partial charge in [-0.05, 0) is 23.3 Å². The van der Waals surface area contributed by atoms with Gasteiger partial charge in [0.25, 0.3) is 0 Å². The quantitative estimate of drug-likeness (QED) is 0.731. The van der Waals surface area contributed by atoms with Crippen LogP contribution < -0.4 is 10.0 Å². The van der Waals surface area contributed by atoms with Gasteiger partial charge in [0.1, 0.15) is 5.82 Å². The number of halogens is 1. The van der Waals surface area contributed by atoms with E-state index < -0.39 is 10.0 Å². The molecule has 118 valence electrons. The third kappa shape index (κ3) is 5.93. The summed E-state index contributed by atoms with van der Waals surface area (Å²) >= 11 is 0. The molecule has 0 aromatic heterocycles. The van der Waals surface area contributed by atoms with E-state index >= 15 is 0 Å². The molecule has 0 fully saturated rings. The van der Waals surface area contributed by atoms with Gasteiger partial charge >= 0.3 is 0 Å². The predicted octanol–water partition coefficient (Wildman–Crippen LogP) is 2.03. The SMILES string of the molecule is O=S(=O)(CCNCc1cccc(F)c1)NCc1ccccc1. The topological polar surface area (TPSA) is 58.2 Å². The zero-order valence-corrected chi connectivity index (χ0v) is 12.9. The molecule has 4 nitrogen and oxygen atoms in total.